The predicted molar refractivity (Wildman–Crippen MR) is 113 cm³/mol. The van der Waals surface area contributed by atoms with E-state index in [1.165, 1.54) is 27.5 Å². The Morgan fingerprint density at radius 1 is 1.10 bits per heavy atom. The van der Waals surface area contributed by atoms with E-state index in [0.717, 1.165) is 55.9 Å². The van der Waals surface area contributed by atoms with Crippen molar-refractivity contribution in [1.29, 1.82) is 0 Å². The average Bonchev–Trinajstić information content (AvgIpc) is 3.16. The smallest absolute Gasteiger partial charge is 0.298 e. The summed E-state index contributed by atoms with van der Waals surface area (Å²) in [7, 11) is 2.21. The number of piperazine rings is 1. The first-order valence-electron chi connectivity index (χ1n) is 11.0. The van der Waals surface area contributed by atoms with E-state index < -0.39 is 0 Å². The Morgan fingerprint density at radius 3 is 2.60 bits per heavy atom. The molecule has 0 unspecified atom stereocenters. The molecule has 2 N–H and O–H groups in total. The van der Waals surface area contributed by atoms with E-state index in [9.17, 15) is 9.18 Å². The van der Waals surface area contributed by atoms with Crippen molar-refractivity contribution >= 4 is 11.6 Å². The first-order chi connectivity index (χ1) is 14.6. The second-order valence-corrected chi connectivity index (χ2v) is 8.91. The Hall–Kier alpha value is -2.57. The third-order valence-electron chi connectivity index (χ3n) is 6.91. The van der Waals surface area contributed by atoms with Crippen molar-refractivity contribution in [3.63, 3.8) is 0 Å². The molecule has 3 aliphatic rings. The van der Waals surface area contributed by atoms with Crippen molar-refractivity contribution in [2.75, 3.05) is 39.8 Å². The molecule has 156 valence electrons. The standard InChI is InChI=1S/C24H27FN4O/c1-27-12-14-28(15-13-27)16-22(30)29-24(18-6-9-19(25)10-7-18)21-11-8-17-4-2-3-5-20(17)23(21)26-29/h2-7,9-10,21,24H,8,11-16H2,1H3/p+2/t21-,24+/m1/s1. The Kier molecular flexibility index (Phi) is 5.13. The van der Waals surface area contributed by atoms with Crippen LogP contribution in [0.2, 0.25) is 0 Å². The van der Waals surface area contributed by atoms with Crippen LogP contribution in [0.25, 0.3) is 0 Å². The van der Waals surface area contributed by atoms with E-state index >= 15 is 0 Å². The van der Waals surface area contributed by atoms with Crippen LogP contribution < -0.4 is 9.80 Å². The molecular formula is C24H29FN4O+2. The lowest BCUT2D eigenvalue weighted by atomic mass is 9.77. The zero-order chi connectivity index (χ0) is 20.7. The molecule has 5 nitrogen and oxygen atoms in total. The molecule has 2 atom stereocenters. The minimum atomic E-state index is -0.255. The Labute approximate surface area is 176 Å². The van der Waals surface area contributed by atoms with Crippen LogP contribution in [0.5, 0.6) is 0 Å². The van der Waals surface area contributed by atoms with Gasteiger partial charge in [0, 0.05) is 11.5 Å². The van der Waals surface area contributed by atoms with Gasteiger partial charge in [0.25, 0.3) is 5.91 Å². The van der Waals surface area contributed by atoms with Crippen molar-refractivity contribution in [2.45, 2.75) is 18.9 Å². The van der Waals surface area contributed by atoms with Crippen LogP contribution >= 0.6 is 0 Å². The first kappa shape index (κ1) is 19.4. The summed E-state index contributed by atoms with van der Waals surface area (Å²) in [5, 5.41) is 6.62. The fraction of sp³-hybridized carbons (Fsp3) is 0.417. The maximum Gasteiger partial charge on any atom is 0.298 e. The second kappa shape index (κ2) is 7.93. The summed E-state index contributed by atoms with van der Waals surface area (Å²) < 4.78 is 13.6. The minimum Gasteiger partial charge on any atom is -0.328 e. The summed E-state index contributed by atoms with van der Waals surface area (Å²) in [6, 6.07) is 14.8. The van der Waals surface area contributed by atoms with Gasteiger partial charge in [-0.05, 0) is 36.1 Å². The fourth-order valence-corrected chi connectivity index (χ4v) is 5.17. The van der Waals surface area contributed by atoms with Gasteiger partial charge in [0.1, 0.15) is 32.0 Å². The number of quaternary nitrogens is 2. The highest BCUT2D eigenvalue weighted by Crippen LogP contribution is 2.43. The van der Waals surface area contributed by atoms with Gasteiger partial charge < -0.3 is 9.80 Å². The predicted octanol–water partition coefficient (Wildman–Crippen LogP) is 0.0889. The summed E-state index contributed by atoms with van der Waals surface area (Å²) >= 11 is 0. The largest absolute Gasteiger partial charge is 0.328 e. The number of hydrazone groups is 1. The number of hydrogen-bond donors (Lipinski definition) is 2. The number of halogens is 1. The van der Waals surface area contributed by atoms with Gasteiger partial charge in [-0.15, -0.1) is 0 Å². The van der Waals surface area contributed by atoms with Gasteiger partial charge in [-0.25, -0.2) is 9.40 Å². The normalized spacial score (nSPS) is 27.9. The third-order valence-corrected chi connectivity index (χ3v) is 6.91. The molecule has 30 heavy (non-hydrogen) atoms. The molecule has 1 saturated heterocycles. The van der Waals surface area contributed by atoms with E-state index in [1.807, 2.05) is 18.2 Å². The molecule has 0 spiro atoms. The number of nitrogens with zero attached hydrogens (tertiary/aromatic N) is 2. The zero-order valence-corrected chi connectivity index (χ0v) is 17.4. The van der Waals surface area contributed by atoms with Gasteiger partial charge in [0.15, 0.2) is 6.54 Å². The van der Waals surface area contributed by atoms with E-state index in [-0.39, 0.29) is 23.7 Å². The molecule has 2 aliphatic heterocycles. The number of likely N-dealkylation sites (N-methyl/N-ethyl adjacent to an activating group) is 1. The molecule has 5 rings (SSSR count). The lowest BCUT2D eigenvalue weighted by Crippen LogP contribution is -3.27. The number of rotatable bonds is 3. The summed E-state index contributed by atoms with van der Waals surface area (Å²) in [5.74, 6) is -0.0337. The number of fused-ring (bicyclic) bond motifs is 3. The Balaban J connectivity index is 1.47. The molecule has 0 radical (unpaired) electrons. The second-order valence-electron chi connectivity index (χ2n) is 8.91. The molecule has 2 aromatic rings. The van der Waals surface area contributed by atoms with Crippen LogP contribution in [0.1, 0.15) is 29.2 Å². The lowest BCUT2D eigenvalue weighted by Gasteiger charge is -2.31. The monoisotopic (exact) mass is 408 g/mol. The van der Waals surface area contributed by atoms with Crippen LogP contribution in [-0.4, -0.2) is 56.4 Å². The molecule has 6 heteroatoms. The van der Waals surface area contributed by atoms with E-state index in [4.69, 9.17) is 5.10 Å². The average molecular weight is 409 g/mol. The number of carbonyl (C=O) groups excluding carboxylic acids is 1. The number of aryl methyl sites for hydroxylation is 1. The van der Waals surface area contributed by atoms with Gasteiger partial charge >= 0.3 is 0 Å². The number of hydrogen-bond acceptors (Lipinski definition) is 2. The summed E-state index contributed by atoms with van der Waals surface area (Å²) in [6.45, 7) is 4.67. The minimum absolute atomic E-state index is 0.0678. The maximum atomic E-state index is 13.6. The molecule has 0 saturated carbocycles. The van der Waals surface area contributed by atoms with Crippen LogP contribution in [0, 0.1) is 11.7 Å². The van der Waals surface area contributed by atoms with Crippen molar-refractivity contribution in [1.82, 2.24) is 5.01 Å². The summed E-state index contributed by atoms with van der Waals surface area (Å²) in [6.07, 6.45) is 1.93. The number of carbonyl (C=O) groups is 1. The molecular weight excluding hydrogens is 379 g/mol. The number of nitrogens with one attached hydrogen (secondary N) is 2. The van der Waals surface area contributed by atoms with Crippen LogP contribution in [0.15, 0.2) is 53.6 Å². The highest BCUT2D eigenvalue weighted by molar-refractivity contribution is 6.06. The quantitative estimate of drug-likeness (QED) is 0.743. The van der Waals surface area contributed by atoms with Gasteiger partial charge in [-0.3, -0.25) is 4.79 Å². The van der Waals surface area contributed by atoms with Crippen LogP contribution in [0.3, 0.4) is 0 Å². The van der Waals surface area contributed by atoms with Crippen LogP contribution in [0.4, 0.5) is 4.39 Å². The highest BCUT2D eigenvalue weighted by atomic mass is 19.1. The van der Waals surface area contributed by atoms with Crippen molar-refractivity contribution < 1.29 is 19.0 Å². The van der Waals surface area contributed by atoms with Gasteiger partial charge in [-0.2, -0.15) is 5.10 Å². The van der Waals surface area contributed by atoms with Crippen molar-refractivity contribution in [2.24, 2.45) is 11.0 Å². The maximum absolute atomic E-state index is 13.6. The molecule has 2 aromatic carbocycles. The highest BCUT2D eigenvalue weighted by Gasteiger charge is 2.44. The first-order valence-corrected chi connectivity index (χ1v) is 11.0. The van der Waals surface area contributed by atoms with Crippen molar-refractivity contribution in [3.05, 3.63) is 71.0 Å². The third kappa shape index (κ3) is 3.55. The number of amides is 1. The molecule has 2 heterocycles. The van der Waals surface area contributed by atoms with E-state index in [2.05, 4.69) is 25.2 Å². The lowest BCUT2D eigenvalue weighted by molar-refractivity contribution is -1.000. The molecule has 1 aliphatic carbocycles. The van der Waals surface area contributed by atoms with Gasteiger partial charge in [-0.1, -0.05) is 36.4 Å². The molecule has 1 fully saturated rings. The Bertz CT molecular complexity index is 965. The van der Waals surface area contributed by atoms with Gasteiger partial charge in [0.2, 0.25) is 0 Å². The fourth-order valence-electron chi connectivity index (χ4n) is 5.17. The topological polar surface area (TPSA) is 41.6 Å². The van der Waals surface area contributed by atoms with Crippen LogP contribution in [-0.2, 0) is 11.2 Å². The SMILES string of the molecule is C[NH+]1CC[NH+](CC(=O)N2N=C3c4ccccc4CC[C@H]3[C@@H]2c2ccc(F)cc2)CC1. The summed E-state index contributed by atoms with van der Waals surface area (Å²) in [5.41, 5.74) is 4.43. The summed E-state index contributed by atoms with van der Waals surface area (Å²) in [4.78, 5) is 16.3. The molecule has 0 bridgehead atoms. The zero-order valence-electron chi connectivity index (χ0n) is 17.4. The van der Waals surface area contributed by atoms with E-state index in [1.54, 1.807) is 5.01 Å². The van der Waals surface area contributed by atoms with Gasteiger partial charge in [0.05, 0.1) is 18.8 Å². The Morgan fingerprint density at radius 2 is 1.83 bits per heavy atom. The van der Waals surface area contributed by atoms with Crippen molar-refractivity contribution in [3.8, 4) is 0 Å². The van der Waals surface area contributed by atoms with E-state index in [0.29, 0.717) is 6.54 Å². The molecule has 1 amide bonds. The number of benzene rings is 2. The molecule has 0 aromatic heterocycles.